The number of benzene rings is 1. The van der Waals surface area contributed by atoms with Crippen molar-refractivity contribution in [2.24, 2.45) is 0 Å². The number of pyridine rings is 1. The summed E-state index contributed by atoms with van der Waals surface area (Å²) >= 11 is 0. The summed E-state index contributed by atoms with van der Waals surface area (Å²) < 4.78 is 13.8. The van der Waals surface area contributed by atoms with E-state index in [1.165, 1.54) is 6.07 Å². The minimum Gasteiger partial charge on any atom is -0.306 e. The molecule has 0 spiro atoms. The summed E-state index contributed by atoms with van der Waals surface area (Å²) in [6.45, 7) is 3.59. The first kappa shape index (κ1) is 12.5. The molecule has 0 atom stereocenters. The molecule has 3 rings (SSSR count). The fourth-order valence-corrected chi connectivity index (χ4v) is 2.25. The highest BCUT2D eigenvalue weighted by Crippen LogP contribution is 2.22. The average Bonchev–Trinajstić information content (AvgIpc) is 2.39. The second-order valence-electron chi connectivity index (χ2n) is 4.61. The number of nitrogens with zero attached hydrogens (tertiary/aromatic N) is 2. The van der Waals surface area contributed by atoms with Crippen molar-refractivity contribution in [3.05, 3.63) is 58.0 Å². The minimum atomic E-state index is -0.428. The van der Waals surface area contributed by atoms with Gasteiger partial charge in [0.05, 0.1) is 11.3 Å². The van der Waals surface area contributed by atoms with Gasteiger partial charge in [0.2, 0.25) is 0 Å². The smallest absolute Gasteiger partial charge is 0.257 e. The number of rotatable bonds is 1. The zero-order chi connectivity index (χ0) is 14.3. The quantitative estimate of drug-likeness (QED) is 0.739. The topological polar surface area (TPSA) is 58.6 Å². The summed E-state index contributed by atoms with van der Waals surface area (Å²) in [4.78, 5) is 23.3. The summed E-state index contributed by atoms with van der Waals surface area (Å²) in [6.07, 6.45) is 0. The summed E-state index contributed by atoms with van der Waals surface area (Å²) in [5.74, 6) is 0.160. The summed E-state index contributed by atoms with van der Waals surface area (Å²) in [5, 5.41) is 0.716. The third-order valence-corrected chi connectivity index (χ3v) is 3.18. The van der Waals surface area contributed by atoms with Gasteiger partial charge in [-0.1, -0.05) is 18.2 Å². The van der Waals surface area contributed by atoms with Gasteiger partial charge in [0.1, 0.15) is 17.3 Å². The van der Waals surface area contributed by atoms with Gasteiger partial charge >= 0.3 is 0 Å². The van der Waals surface area contributed by atoms with Crippen LogP contribution < -0.4 is 5.56 Å². The molecule has 20 heavy (non-hydrogen) atoms. The number of fused-ring (bicyclic) bond motifs is 1. The van der Waals surface area contributed by atoms with E-state index in [4.69, 9.17) is 0 Å². The van der Waals surface area contributed by atoms with Crippen LogP contribution in [0.4, 0.5) is 4.39 Å². The van der Waals surface area contributed by atoms with E-state index in [0.717, 1.165) is 5.69 Å². The highest BCUT2D eigenvalue weighted by molar-refractivity contribution is 5.82. The molecule has 0 fully saturated rings. The number of hydrogen-bond acceptors (Lipinski definition) is 3. The Balaban J connectivity index is 2.36. The van der Waals surface area contributed by atoms with Crippen LogP contribution >= 0.6 is 0 Å². The Morgan fingerprint density at radius 1 is 1.10 bits per heavy atom. The molecule has 0 aliphatic heterocycles. The number of aryl methyl sites for hydroxylation is 2. The highest BCUT2D eigenvalue weighted by atomic mass is 19.1. The van der Waals surface area contributed by atoms with Crippen molar-refractivity contribution in [1.29, 1.82) is 0 Å². The maximum Gasteiger partial charge on any atom is 0.257 e. The van der Waals surface area contributed by atoms with Gasteiger partial charge in [-0.15, -0.1) is 0 Å². The van der Waals surface area contributed by atoms with Gasteiger partial charge in [0.25, 0.3) is 5.56 Å². The predicted molar refractivity (Wildman–Crippen MR) is 75.0 cm³/mol. The lowest BCUT2D eigenvalue weighted by Gasteiger charge is -2.06. The molecule has 0 bridgehead atoms. The first-order valence-electron chi connectivity index (χ1n) is 6.19. The molecular formula is C15H12FN3O. The molecule has 0 unspecified atom stereocenters. The number of aromatic nitrogens is 3. The van der Waals surface area contributed by atoms with Crippen LogP contribution in [0.15, 0.2) is 35.1 Å². The lowest BCUT2D eigenvalue weighted by Crippen LogP contribution is -2.11. The number of halogens is 1. The lowest BCUT2D eigenvalue weighted by atomic mass is 10.1. The van der Waals surface area contributed by atoms with Crippen LogP contribution in [0.25, 0.3) is 22.2 Å². The molecule has 0 aliphatic carbocycles. The summed E-state index contributed by atoms with van der Waals surface area (Å²) in [6, 6.07) is 7.83. The second-order valence-corrected chi connectivity index (χ2v) is 4.61. The monoisotopic (exact) mass is 269 g/mol. The minimum absolute atomic E-state index is 0.274. The van der Waals surface area contributed by atoms with Crippen LogP contribution in [0.1, 0.15) is 11.5 Å². The van der Waals surface area contributed by atoms with Gasteiger partial charge < -0.3 is 4.98 Å². The van der Waals surface area contributed by atoms with Crippen LogP contribution in [-0.2, 0) is 0 Å². The van der Waals surface area contributed by atoms with E-state index in [1.54, 1.807) is 31.2 Å². The molecular weight excluding hydrogens is 257 g/mol. The predicted octanol–water partition coefficient (Wildman–Crippen LogP) is 2.74. The number of H-pyrrole nitrogens is 1. The molecule has 0 saturated heterocycles. The maximum absolute atomic E-state index is 13.8. The Hall–Kier alpha value is -2.56. The van der Waals surface area contributed by atoms with Crippen molar-refractivity contribution in [2.45, 2.75) is 13.8 Å². The van der Waals surface area contributed by atoms with E-state index in [1.807, 2.05) is 6.92 Å². The molecule has 1 aromatic carbocycles. The first-order valence-corrected chi connectivity index (χ1v) is 6.19. The molecule has 100 valence electrons. The fourth-order valence-electron chi connectivity index (χ4n) is 2.25. The van der Waals surface area contributed by atoms with E-state index in [0.29, 0.717) is 16.9 Å². The van der Waals surface area contributed by atoms with Crippen LogP contribution in [0.5, 0.6) is 0 Å². The largest absolute Gasteiger partial charge is 0.306 e. The van der Waals surface area contributed by atoms with Gasteiger partial charge in [-0.25, -0.2) is 14.4 Å². The summed E-state index contributed by atoms with van der Waals surface area (Å²) in [7, 11) is 0. The normalized spacial score (nSPS) is 10.9. The zero-order valence-corrected chi connectivity index (χ0v) is 11.1. The molecule has 3 aromatic rings. The molecule has 0 aliphatic rings. The standard InChI is InChI=1S/C15H12FN3O/c1-8-11-7-12(10-5-3-4-6-13(10)16)15(20)19-14(11)18-9(2)17-8/h3-7H,1-2H3,(H,17,18,19,20). The average molecular weight is 269 g/mol. The Bertz CT molecular complexity index is 871. The van der Waals surface area contributed by atoms with Gasteiger partial charge in [-0.3, -0.25) is 4.79 Å². The highest BCUT2D eigenvalue weighted by Gasteiger charge is 2.12. The lowest BCUT2D eigenvalue weighted by molar-refractivity contribution is 0.631. The third-order valence-electron chi connectivity index (χ3n) is 3.18. The van der Waals surface area contributed by atoms with Crippen molar-refractivity contribution in [1.82, 2.24) is 15.0 Å². The Labute approximate surface area is 114 Å². The Morgan fingerprint density at radius 2 is 1.85 bits per heavy atom. The number of nitrogens with one attached hydrogen (secondary N) is 1. The van der Waals surface area contributed by atoms with E-state index >= 15 is 0 Å². The van der Waals surface area contributed by atoms with Crippen LogP contribution in [0, 0.1) is 19.7 Å². The van der Waals surface area contributed by atoms with E-state index in [9.17, 15) is 9.18 Å². The molecule has 5 heteroatoms. The second kappa shape index (κ2) is 4.52. The maximum atomic E-state index is 13.8. The molecule has 0 radical (unpaired) electrons. The molecule has 2 aromatic heterocycles. The first-order chi connectivity index (χ1) is 9.56. The van der Waals surface area contributed by atoms with Gasteiger partial charge in [0, 0.05) is 10.9 Å². The van der Waals surface area contributed by atoms with Crippen molar-refractivity contribution < 1.29 is 4.39 Å². The Morgan fingerprint density at radius 3 is 2.60 bits per heavy atom. The molecule has 2 heterocycles. The zero-order valence-electron chi connectivity index (χ0n) is 11.1. The van der Waals surface area contributed by atoms with Crippen LogP contribution in [-0.4, -0.2) is 15.0 Å². The van der Waals surface area contributed by atoms with Crippen molar-refractivity contribution in [3.63, 3.8) is 0 Å². The number of aromatic amines is 1. The number of hydrogen-bond donors (Lipinski definition) is 1. The van der Waals surface area contributed by atoms with Crippen molar-refractivity contribution in [2.75, 3.05) is 0 Å². The molecule has 0 amide bonds. The van der Waals surface area contributed by atoms with Gasteiger partial charge in [-0.2, -0.15) is 0 Å². The molecule has 4 nitrogen and oxygen atoms in total. The fraction of sp³-hybridized carbons (Fsp3) is 0.133. The molecule has 0 saturated carbocycles. The van der Waals surface area contributed by atoms with Crippen molar-refractivity contribution >= 4 is 11.0 Å². The summed E-state index contributed by atoms with van der Waals surface area (Å²) in [5.41, 5.74) is 1.42. The SMILES string of the molecule is Cc1nc(C)c2cc(-c3ccccc3F)c(=O)[nH]c2n1. The third kappa shape index (κ3) is 1.97. The van der Waals surface area contributed by atoms with E-state index in [-0.39, 0.29) is 16.7 Å². The Kier molecular flexibility index (Phi) is 2.82. The van der Waals surface area contributed by atoms with Crippen LogP contribution in [0.3, 0.4) is 0 Å². The molecule has 1 N–H and O–H groups in total. The van der Waals surface area contributed by atoms with Crippen molar-refractivity contribution in [3.8, 4) is 11.1 Å². The van der Waals surface area contributed by atoms with E-state index in [2.05, 4.69) is 15.0 Å². The van der Waals surface area contributed by atoms with Gasteiger partial charge in [-0.05, 0) is 26.0 Å². The van der Waals surface area contributed by atoms with Gasteiger partial charge in [0.15, 0.2) is 0 Å². The van der Waals surface area contributed by atoms with E-state index < -0.39 is 5.82 Å². The van der Waals surface area contributed by atoms with Crippen LogP contribution in [0.2, 0.25) is 0 Å².